The molecule has 198 valence electrons. The van der Waals surface area contributed by atoms with Gasteiger partial charge in [-0.05, 0) is 32.1 Å². The maximum atomic E-state index is 15.0. The molecular formula is C25H25ClF4N3O4+. The van der Waals surface area contributed by atoms with E-state index in [1.54, 1.807) is 30.3 Å². The lowest BCUT2D eigenvalue weighted by Gasteiger charge is -2.28. The maximum absolute atomic E-state index is 15.0. The summed E-state index contributed by atoms with van der Waals surface area (Å²) in [6.07, 6.45) is -1.73. The molecule has 1 aromatic carbocycles. The van der Waals surface area contributed by atoms with Crippen LogP contribution in [0.5, 0.6) is 11.5 Å². The Kier molecular flexibility index (Phi) is 10.2. The Bertz CT molecular complexity index is 1200. The molecular weight excluding hydrogens is 518 g/mol. The zero-order chi connectivity index (χ0) is 27.8. The van der Waals surface area contributed by atoms with E-state index in [2.05, 4.69) is 11.4 Å². The van der Waals surface area contributed by atoms with Gasteiger partial charge in [0, 0.05) is 19.2 Å². The minimum Gasteiger partial charge on any atom is -0.495 e. The zero-order valence-electron chi connectivity index (χ0n) is 20.3. The van der Waals surface area contributed by atoms with E-state index in [9.17, 15) is 22.4 Å². The fourth-order valence-corrected chi connectivity index (χ4v) is 3.19. The number of amides is 2. The highest BCUT2D eigenvalue weighted by Crippen LogP contribution is 2.36. The van der Waals surface area contributed by atoms with Crippen molar-refractivity contribution in [2.24, 2.45) is 0 Å². The second-order valence-electron chi connectivity index (χ2n) is 7.30. The molecule has 0 spiro atoms. The highest BCUT2D eigenvalue weighted by molar-refractivity contribution is 6.30. The molecule has 1 aliphatic rings. The quantitative estimate of drug-likeness (QED) is 0.183. The molecule has 2 rings (SSSR count). The van der Waals surface area contributed by atoms with Gasteiger partial charge in [0.05, 0.1) is 11.6 Å². The van der Waals surface area contributed by atoms with Gasteiger partial charge in [0.15, 0.2) is 11.5 Å². The van der Waals surface area contributed by atoms with Gasteiger partial charge in [0.2, 0.25) is 5.83 Å². The number of rotatable bonds is 10. The van der Waals surface area contributed by atoms with Crippen LogP contribution in [0.1, 0.15) is 13.8 Å². The molecule has 37 heavy (non-hydrogen) atoms. The molecule has 2 amide bonds. The topological polar surface area (TPSA) is 55.6 Å². The van der Waals surface area contributed by atoms with E-state index < -0.39 is 35.2 Å². The third-order valence-electron chi connectivity index (χ3n) is 4.79. The second-order valence-corrected chi connectivity index (χ2v) is 7.79. The van der Waals surface area contributed by atoms with Crippen LogP contribution in [0.15, 0.2) is 82.9 Å². The Hall–Kier alpha value is -3.91. The van der Waals surface area contributed by atoms with Crippen LogP contribution >= 0.6 is 11.6 Å². The molecule has 0 bridgehead atoms. The Morgan fingerprint density at radius 3 is 2.32 bits per heavy atom. The Labute approximate surface area is 217 Å². The van der Waals surface area contributed by atoms with E-state index >= 15 is 0 Å². The number of alkyl halides is 3. The highest BCUT2D eigenvalue weighted by atomic mass is 35.5. The van der Waals surface area contributed by atoms with Gasteiger partial charge >= 0.3 is 18.0 Å². The van der Waals surface area contributed by atoms with Gasteiger partial charge in [-0.3, -0.25) is 4.90 Å². The molecule has 1 aromatic rings. The number of para-hydroxylation sites is 2. The van der Waals surface area contributed by atoms with Crippen LogP contribution in [0.3, 0.4) is 0 Å². The van der Waals surface area contributed by atoms with Gasteiger partial charge in [-0.15, -0.1) is 4.90 Å². The summed E-state index contributed by atoms with van der Waals surface area (Å²) >= 11 is 6.11. The van der Waals surface area contributed by atoms with Crippen LogP contribution < -0.4 is 9.47 Å². The minimum atomic E-state index is -4.83. The first-order chi connectivity index (χ1) is 17.4. The normalized spacial score (nSPS) is 15.7. The summed E-state index contributed by atoms with van der Waals surface area (Å²) in [5.74, 6) is -0.694. The van der Waals surface area contributed by atoms with Crippen molar-refractivity contribution in [1.82, 2.24) is 9.80 Å². The Balaban J connectivity index is 2.21. The number of nitrogens with zero attached hydrogens (tertiary/aromatic N) is 3. The number of benzene rings is 1. The molecule has 0 atom stereocenters. The van der Waals surface area contributed by atoms with E-state index in [-0.39, 0.29) is 23.1 Å². The summed E-state index contributed by atoms with van der Waals surface area (Å²) in [6.45, 7) is 12.6. The van der Waals surface area contributed by atoms with Gasteiger partial charge in [0.25, 0.3) is 0 Å². The van der Waals surface area contributed by atoms with Crippen LogP contribution in [0.4, 0.5) is 22.4 Å². The van der Waals surface area contributed by atoms with Crippen molar-refractivity contribution in [2.75, 3.05) is 26.9 Å². The molecule has 1 heterocycles. The van der Waals surface area contributed by atoms with Crippen molar-refractivity contribution in [2.45, 2.75) is 20.0 Å². The number of hydrogen-bond acceptors (Lipinski definition) is 4. The van der Waals surface area contributed by atoms with Gasteiger partial charge < -0.3 is 14.2 Å². The van der Waals surface area contributed by atoms with Crippen molar-refractivity contribution in [3.8, 4) is 18.1 Å². The van der Waals surface area contributed by atoms with Crippen molar-refractivity contribution in [3.63, 3.8) is 0 Å². The van der Waals surface area contributed by atoms with E-state index in [0.29, 0.717) is 34.8 Å². The molecule has 0 radical (unpaired) electrons. The van der Waals surface area contributed by atoms with Crippen molar-refractivity contribution < 1.29 is 36.6 Å². The fourth-order valence-electron chi connectivity index (χ4n) is 3.04. The number of ether oxygens (including phenoxy) is 3. The maximum Gasteiger partial charge on any atom is 0.431 e. The summed E-state index contributed by atoms with van der Waals surface area (Å²) in [7, 11) is 0.872. The SMILES string of the molecule is C#[N+]/C(=C(F)\C=C(\Cl)COc1ccccc1OC/C(=C/C)OCC)N1C(=C)C=C(C(F)(F)F)N(C)C1=O. The number of urea groups is 1. The monoisotopic (exact) mass is 542 g/mol. The third kappa shape index (κ3) is 7.54. The van der Waals surface area contributed by atoms with E-state index in [1.807, 2.05) is 13.8 Å². The number of carbonyl (C=O) groups excluding carboxylic acids is 1. The molecule has 0 saturated carbocycles. The summed E-state index contributed by atoms with van der Waals surface area (Å²) in [4.78, 5) is 16.5. The molecule has 7 nitrogen and oxygen atoms in total. The molecule has 0 unspecified atom stereocenters. The number of halogens is 5. The fraction of sp³-hybridized carbons (Fsp3) is 0.280. The predicted molar refractivity (Wildman–Crippen MR) is 131 cm³/mol. The van der Waals surface area contributed by atoms with Crippen LogP contribution in [0.2, 0.25) is 0 Å². The van der Waals surface area contributed by atoms with Crippen LogP contribution in [0.25, 0.3) is 4.85 Å². The van der Waals surface area contributed by atoms with Gasteiger partial charge in [-0.2, -0.15) is 22.4 Å². The Morgan fingerprint density at radius 2 is 1.81 bits per heavy atom. The molecule has 1 aliphatic heterocycles. The van der Waals surface area contributed by atoms with Crippen molar-refractivity contribution in [1.29, 1.82) is 0 Å². The molecule has 12 heteroatoms. The zero-order valence-corrected chi connectivity index (χ0v) is 21.1. The summed E-state index contributed by atoms with van der Waals surface area (Å²) < 4.78 is 71.2. The summed E-state index contributed by atoms with van der Waals surface area (Å²) in [6, 6.07) is 5.42. The second kappa shape index (κ2) is 12.9. The van der Waals surface area contributed by atoms with Gasteiger partial charge in [-0.1, -0.05) is 30.3 Å². The smallest absolute Gasteiger partial charge is 0.431 e. The molecule has 0 aliphatic carbocycles. The lowest BCUT2D eigenvalue weighted by atomic mass is 10.2. The summed E-state index contributed by atoms with van der Waals surface area (Å²) in [5.41, 5.74) is -1.77. The largest absolute Gasteiger partial charge is 0.495 e. The minimum absolute atomic E-state index is 0.152. The van der Waals surface area contributed by atoms with E-state index in [4.69, 9.17) is 32.4 Å². The first kappa shape index (κ1) is 29.3. The standard InChI is InChI=1S/C25H25ClF4N3O4/c1-6-18(35-7-2)15-37-21-11-9-8-10-20(21)36-14-17(26)13-19(27)23(31-4)33-16(3)12-22(25(28,29)30)32(5)24(33)34/h4,6,8-13H,3,7,14-15H2,1-2,5H3/q+1/b17-13+,18-6-,23-19-. The van der Waals surface area contributed by atoms with Crippen LogP contribution in [-0.2, 0) is 4.74 Å². The lowest BCUT2D eigenvalue weighted by molar-refractivity contribution is -0.107. The molecule has 0 fully saturated rings. The molecule has 0 aromatic heterocycles. The molecule has 0 saturated heterocycles. The average Bonchev–Trinajstić information content (AvgIpc) is 2.84. The predicted octanol–water partition coefficient (Wildman–Crippen LogP) is 6.94. The summed E-state index contributed by atoms with van der Waals surface area (Å²) in [5, 5.41) is -0.174. The first-order valence-electron chi connectivity index (χ1n) is 10.8. The molecule has 0 N–H and O–H groups in total. The average molecular weight is 543 g/mol. The number of hydrogen-bond donors (Lipinski definition) is 0. The number of carbonyl (C=O) groups is 1. The van der Waals surface area contributed by atoms with Gasteiger partial charge in [-0.25, -0.2) is 4.79 Å². The van der Waals surface area contributed by atoms with E-state index in [1.165, 1.54) is 0 Å². The Morgan fingerprint density at radius 1 is 1.22 bits per heavy atom. The lowest BCUT2D eigenvalue weighted by Crippen LogP contribution is -2.45. The third-order valence-corrected chi connectivity index (χ3v) is 5.01. The first-order valence-corrected chi connectivity index (χ1v) is 11.2. The highest BCUT2D eigenvalue weighted by Gasteiger charge is 2.48. The van der Waals surface area contributed by atoms with Crippen LogP contribution in [-0.4, -0.2) is 48.9 Å². The van der Waals surface area contributed by atoms with Crippen molar-refractivity contribution in [3.05, 3.63) is 87.8 Å². The van der Waals surface area contributed by atoms with E-state index in [0.717, 1.165) is 13.1 Å². The van der Waals surface area contributed by atoms with Crippen molar-refractivity contribution >= 4 is 17.6 Å². The number of allylic oxidation sites excluding steroid dienone is 5. The van der Waals surface area contributed by atoms with Crippen LogP contribution in [0, 0.1) is 6.57 Å². The van der Waals surface area contributed by atoms with Gasteiger partial charge in [0.1, 0.15) is 36.9 Å².